The zero-order valence-corrected chi connectivity index (χ0v) is 11.3. The number of alkyl halides is 4. The van der Waals surface area contributed by atoms with Crippen LogP contribution in [-0.2, 0) is 0 Å². The molecule has 21 heavy (non-hydrogen) atoms. The van der Waals surface area contributed by atoms with Crippen molar-refractivity contribution in [3.63, 3.8) is 0 Å². The van der Waals surface area contributed by atoms with Crippen LogP contribution in [-0.4, -0.2) is 24.7 Å². The maximum atomic E-state index is 12.7. The van der Waals surface area contributed by atoms with E-state index in [1.165, 1.54) is 6.21 Å². The number of carbonyl (C=O) groups is 1. The smallest absolute Gasteiger partial charge is 0.428 e. The Morgan fingerprint density at radius 1 is 1.29 bits per heavy atom. The maximum absolute atomic E-state index is 12.7. The number of hydrogen-bond acceptors (Lipinski definition) is 3. The van der Waals surface area contributed by atoms with Crippen LogP contribution in [0.4, 0.5) is 17.6 Å². The van der Waals surface area contributed by atoms with Crippen LogP contribution in [0.2, 0.25) is 0 Å². The number of hydrazone groups is 1. The summed E-state index contributed by atoms with van der Waals surface area (Å²) in [7, 11) is 0. The van der Waals surface area contributed by atoms with Crippen LogP contribution < -0.4 is 10.2 Å². The molecule has 0 saturated carbocycles. The van der Waals surface area contributed by atoms with E-state index in [2.05, 4.69) is 15.3 Å². The van der Waals surface area contributed by atoms with E-state index in [0.717, 1.165) is 24.3 Å². The third kappa shape index (κ3) is 5.41. The summed E-state index contributed by atoms with van der Waals surface area (Å²) in [5.41, 5.74) is 2.37. The molecule has 1 N–H and O–H groups in total. The van der Waals surface area contributed by atoms with Crippen LogP contribution in [0.5, 0.6) is 5.75 Å². The molecule has 0 fully saturated rings. The molecule has 1 aromatic carbocycles. The second-order valence-electron chi connectivity index (χ2n) is 4.45. The van der Waals surface area contributed by atoms with Crippen molar-refractivity contribution in [3.8, 4) is 5.75 Å². The van der Waals surface area contributed by atoms with Crippen molar-refractivity contribution in [2.75, 3.05) is 0 Å². The summed E-state index contributed by atoms with van der Waals surface area (Å²) in [5, 5.41) is 3.68. The van der Waals surface area contributed by atoms with Crippen molar-refractivity contribution in [1.82, 2.24) is 5.43 Å². The van der Waals surface area contributed by atoms with Gasteiger partial charge in [0.15, 0.2) is 0 Å². The molecule has 4 nitrogen and oxygen atoms in total. The highest BCUT2D eigenvalue weighted by molar-refractivity contribution is 5.94. The fourth-order valence-electron chi connectivity index (χ4n) is 1.19. The van der Waals surface area contributed by atoms with E-state index in [4.69, 9.17) is 0 Å². The number of hydrogen-bond donors (Lipinski definition) is 1. The molecule has 0 aliphatic heterocycles. The molecule has 0 heterocycles. The molecule has 1 aromatic rings. The predicted molar refractivity (Wildman–Crippen MR) is 68.8 cm³/mol. The van der Waals surface area contributed by atoms with Crippen LogP contribution in [0, 0.1) is 5.92 Å². The zero-order valence-electron chi connectivity index (χ0n) is 11.3. The average molecular weight is 306 g/mol. The molecule has 0 spiro atoms. The fraction of sp³-hybridized carbons (Fsp3) is 0.385. The van der Waals surface area contributed by atoms with Gasteiger partial charge in [0.25, 0.3) is 5.91 Å². The number of ether oxygens (including phenoxy) is 1. The number of rotatable bonds is 6. The average Bonchev–Trinajstić information content (AvgIpc) is 2.38. The van der Waals surface area contributed by atoms with Gasteiger partial charge in [0.2, 0.25) is 0 Å². The second-order valence-corrected chi connectivity index (χ2v) is 4.45. The van der Waals surface area contributed by atoms with Gasteiger partial charge in [-0.1, -0.05) is 13.8 Å². The minimum atomic E-state index is -4.58. The third-order valence-corrected chi connectivity index (χ3v) is 2.16. The van der Waals surface area contributed by atoms with E-state index in [1.54, 1.807) is 0 Å². The molecule has 0 bridgehead atoms. The Kier molecular flexibility index (Phi) is 5.69. The summed E-state index contributed by atoms with van der Waals surface area (Å²) in [6, 6.07) is 4.32. The predicted octanol–water partition coefficient (Wildman–Crippen LogP) is 3.29. The summed E-state index contributed by atoms with van der Waals surface area (Å²) in [6.45, 7) is 3.73. The highest BCUT2D eigenvalue weighted by Gasteiger charge is 2.43. The lowest BCUT2D eigenvalue weighted by Crippen LogP contribution is -2.33. The van der Waals surface area contributed by atoms with Crippen LogP contribution in [0.1, 0.15) is 24.2 Å². The third-order valence-electron chi connectivity index (χ3n) is 2.16. The summed E-state index contributed by atoms with van der Waals surface area (Å²) in [4.78, 5) is 11.6. The van der Waals surface area contributed by atoms with Crippen molar-refractivity contribution in [2.45, 2.75) is 26.4 Å². The van der Waals surface area contributed by atoms with Crippen molar-refractivity contribution >= 4 is 12.1 Å². The molecule has 0 unspecified atom stereocenters. The summed E-state index contributed by atoms with van der Waals surface area (Å²) in [5.74, 6) is -0.876. The number of carbonyl (C=O) groups excluding carboxylic acids is 1. The van der Waals surface area contributed by atoms with Crippen LogP contribution in [0.3, 0.4) is 0 Å². The lowest BCUT2D eigenvalue weighted by molar-refractivity contribution is -0.253. The Morgan fingerprint density at radius 2 is 1.86 bits per heavy atom. The molecule has 116 valence electrons. The SMILES string of the molecule is CC(C)C=NNC(=O)c1ccc(OC(F)(F)C(F)F)cc1. The van der Waals surface area contributed by atoms with E-state index in [-0.39, 0.29) is 11.5 Å². The van der Waals surface area contributed by atoms with Crippen LogP contribution >= 0.6 is 0 Å². The highest BCUT2D eigenvalue weighted by Crippen LogP contribution is 2.27. The van der Waals surface area contributed by atoms with Crippen LogP contribution in [0.15, 0.2) is 29.4 Å². The normalized spacial score (nSPS) is 12.2. The topological polar surface area (TPSA) is 50.7 Å². The molecular formula is C13H14F4N2O2. The molecule has 0 radical (unpaired) electrons. The second kappa shape index (κ2) is 7.05. The van der Waals surface area contributed by atoms with Crippen LogP contribution in [0.25, 0.3) is 0 Å². The molecule has 1 amide bonds. The first-order valence-electron chi connectivity index (χ1n) is 6.01. The van der Waals surface area contributed by atoms with Gasteiger partial charge in [-0.05, 0) is 30.2 Å². The van der Waals surface area contributed by atoms with Crippen molar-refractivity contribution in [3.05, 3.63) is 29.8 Å². The standard InChI is InChI=1S/C13H14F4N2O2/c1-8(2)7-18-19-11(20)9-3-5-10(6-4-9)21-13(16,17)12(14)15/h3-8,12H,1-2H3,(H,19,20). The van der Waals surface area contributed by atoms with Gasteiger partial charge in [0.1, 0.15) is 5.75 Å². The van der Waals surface area contributed by atoms with Gasteiger partial charge >= 0.3 is 12.5 Å². The summed E-state index contributed by atoms with van der Waals surface area (Å²) >= 11 is 0. The number of benzene rings is 1. The largest absolute Gasteiger partial charge is 0.461 e. The maximum Gasteiger partial charge on any atom is 0.461 e. The first kappa shape index (κ1) is 16.9. The minimum Gasteiger partial charge on any atom is -0.428 e. The van der Waals surface area contributed by atoms with E-state index >= 15 is 0 Å². The van der Waals surface area contributed by atoms with E-state index in [9.17, 15) is 22.4 Å². The quantitative estimate of drug-likeness (QED) is 0.498. The molecule has 8 heteroatoms. The number of amides is 1. The Hall–Kier alpha value is -2.12. The molecule has 0 atom stereocenters. The van der Waals surface area contributed by atoms with Crippen molar-refractivity contribution < 1.29 is 27.1 Å². The lowest BCUT2D eigenvalue weighted by atomic mass is 10.2. The van der Waals surface area contributed by atoms with Gasteiger partial charge in [0.05, 0.1) is 0 Å². The number of nitrogens with zero attached hydrogens (tertiary/aromatic N) is 1. The Bertz CT molecular complexity index is 501. The molecule has 0 aliphatic rings. The van der Waals surface area contributed by atoms with Crippen molar-refractivity contribution in [1.29, 1.82) is 0 Å². The Labute approximate surface area is 118 Å². The first-order valence-corrected chi connectivity index (χ1v) is 6.01. The van der Waals surface area contributed by atoms with Gasteiger partial charge in [-0.25, -0.2) is 5.43 Å². The molecule has 1 rings (SSSR count). The highest BCUT2D eigenvalue weighted by atomic mass is 19.3. The minimum absolute atomic E-state index is 0.128. The summed E-state index contributed by atoms with van der Waals surface area (Å²) < 4.78 is 53.1. The van der Waals surface area contributed by atoms with Gasteiger partial charge in [-0.15, -0.1) is 0 Å². The Balaban J connectivity index is 2.68. The molecular weight excluding hydrogens is 292 g/mol. The van der Waals surface area contributed by atoms with E-state index in [0.29, 0.717) is 0 Å². The molecule has 0 saturated heterocycles. The monoisotopic (exact) mass is 306 g/mol. The van der Waals surface area contributed by atoms with E-state index in [1.807, 2.05) is 13.8 Å². The van der Waals surface area contributed by atoms with E-state index < -0.39 is 24.2 Å². The Morgan fingerprint density at radius 3 is 2.33 bits per heavy atom. The zero-order chi connectivity index (χ0) is 16.0. The fourth-order valence-corrected chi connectivity index (χ4v) is 1.19. The van der Waals surface area contributed by atoms with Gasteiger partial charge in [0, 0.05) is 11.8 Å². The lowest BCUT2D eigenvalue weighted by Gasteiger charge is -2.16. The summed E-state index contributed by atoms with van der Waals surface area (Å²) in [6.07, 6.45) is -7.00. The van der Waals surface area contributed by atoms with Gasteiger partial charge in [-0.3, -0.25) is 4.79 Å². The first-order chi connectivity index (χ1) is 9.72. The number of halogens is 4. The molecule has 0 aliphatic carbocycles. The molecule has 0 aromatic heterocycles. The number of nitrogens with one attached hydrogen (secondary N) is 1. The van der Waals surface area contributed by atoms with Gasteiger partial charge < -0.3 is 4.74 Å². The van der Waals surface area contributed by atoms with Gasteiger partial charge in [-0.2, -0.15) is 22.7 Å². The van der Waals surface area contributed by atoms with Crippen molar-refractivity contribution in [2.24, 2.45) is 11.0 Å².